The van der Waals surface area contributed by atoms with Crippen LogP contribution in [0.25, 0.3) is 11.3 Å². The molecule has 96 valence electrons. The van der Waals surface area contributed by atoms with Crippen molar-refractivity contribution in [3.05, 3.63) is 41.7 Å². The first-order chi connectivity index (χ1) is 8.61. The summed E-state index contributed by atoms with van der Waals surface area (Å²) in [5, 5.41) is 2.96. The molecule has 0 spiro atoms. The predicted octanol–water partition coefficient (Wildman–Crippen LogP) is 2.87. The molecule has 1 N–H and O–H groups in total. The van der Waals surface area contributed by atoms with Gasteiger partial charge in [-0.05, 0) is 6.54 Å². The number of rotatable bonds is 4. The molecule has 1 heterocycles. The van der Waals surface area contributed by atoms with Crippen molar-refractivity contribution >= 4 is 0 Å². The van der Waals surface area contributed by atoms with Crippen LogP contribution in [0.3, 0.4) is 0 Å². The molecule has 0 amide bonds. The van der Waals surface area contributed by atoms with Gasteiger partial charge in [0.15, 0.2) is 5.76 Å². The van der Waals surface area contributed by atoms with Gasteiger partial charge in [-0.15, -0.1) is 0 Å². The highest BCUT2D eigenvalue weighted by Gasteiger charge is 2.17. The van der Waals surface area contributed by atoms with Crippen LogP contribution in [0.4, 0.5) is 13.2 Å². The molecular weight excluding hydrogens is 245 g/mol. The fourth-order valence-electron chi connectivity index (χ4n) is 1.52. The molecule has 0 fully saturated rings. The van der Waals surface area contributed by atoms with Crippen LogP contribution in [0, 0.1) is 17.5 Å². The second-order valence-electron chi connectivity index (χ2n) is 3.64. The van der Waals surface area contributed by atoms with Gasteiger partial charge in [0, 0.05) is 12.1 Å². The van der Waals surface area contributed by atoms with E-state index in [1.54, 1.807) is 0 Å². The van der Waals surface area contributed by atoms with Crippen molar-refractivity contribution in [1.29, 1.82) is 0 Å². The maximum Gasteiger partial charge on any atom is 0.208 e. The minimum Gasteiger partial charge on any atom is -0.439 e. The summed E-state index contributed by atoms with van der Waals surface area (Å²) in [6.45, 7) is 2.99. The molecule has 6 heteroatoms. The predicted molar refractivity (Wildman–Crippen MR) is 59.2 cm³/mol. The van der Waals surface area contributed by atoms with Crippen LogP contribution in [-0.4, -0.2) is 11.5 Å². The van der Waals surface area contributed by atoms with Gasteiger partial charge in [0.2, 0.25) is 5.89 Å². The number of benzene rings is 1. The van der Waals surface area contributed by atoms with Crippen molar-refractivity contribution in [2.75, 3.05) is 6.54 Å². The third-order valence-electron chi connectivity index (χ3n) is 2.33. The second-order valence-corrected chi connectivity index (χ2v) is 3.64. The summed E-state index contributed by atoms with van der Waals surface area (Å²) < 4.78 is 44.9. The number of nitrogens with zero attached hydrogens (tertiary/aromatic N) is 1. The maximum atomic E-state index is 13.5. The first kappa shape index (κ1) is 12.6. The van der Waals surface area contributed by atoms with E-state index >= 15 is 0 Å². The van der Waals surface area contributed by atoms with E-state index < -0.39 is 23.0 Å². The Balaban J connectivity index is 2.34. The maximum absolute atomic E-state index is 13.5. The highest BCUT2D eigenvalue weighted by atomic mass is 19.1. The number of aromatic nitrogens is 1. The highest BCUT2D eigenvalue weighted by Crippen LogP contribution is 2.27. The molecule has 0 unspecified atom stereocenters. The average molecular weight is 256 g/mol. The molecule has 0 atom stereocenters. The van der Waals surface area contributed by atoms with Crippen LogP contribution in [0.2, 0.25) is 0 Å². The Hall–Kier alpha value is -1.82. The molecule has 2 rings (SSSR count). The van der Waals surface area contributed by atoms with Gasteiger partial charge in [-0.2, -0.15) is 0 Å². The Morgan fingerprint density at radius 2 is 1.89 bits per heavy atom. The Morgan fingerprint density at radius 1 is 1.22 bits per heavy atom. The van der Waals surface area contributed by atoms with Crippen molar-refractivity contribution in [2.45, 2.75) is 13.5 Å². The average Bonchev–Trinajstić information content (AvgIpc) is 2.73. The molecule has 0 aliphatic rings. The van der Waals surface area contributed by atoms with Gasteiger partial charge in [-0.3, -0.25) is 0 Å². The van der Waals surface area contributed by atoms with E-state index in [9.17, 15) is 13.2 Å². The topological polar surface area (TPSA) is 38.1 Å². The van der Waals surface area contributed by atoms with E-state index in [4.69, 9.17) is 4.42 Å². The van der Waals surface area contributed by atoms with Crippen molar-refractivity contribution in [1.82, 2.24) is 10.3 Å². The summed E-state index contributed by atoms with van der Waals surface area (Å²) >= 11 is 0. The largest absolute Gasteiger partial charge is 0.439 e. The lowest BCUT2D eigenvalue weighted by molar-refractivity contribution is 0.473. The van der Waals surface area contributed by atoms with Crippen molar-refractivity contribution in [3.8, 4) is 11.3 Å². The zero-order valence-corrected chi connectivity index (χ0v) is 9.64. The van der Waals surface area contributed by atoms with Gasteiger partial charge in [0.25, 0.3) is 0 Å². The van der Waals surface area contributed by atoms with Crippen molar-refractivity contribution in [3.63, 3.8) is 0 Å². The normalized spacial score (nSPS) is 10.9. The summed E-state index contributed by atoms with van der Waals surface area (Å²) in [4.78, 5) is 3.88. The molecule has 0 aliphatic carbocycles. The van der Waals surface area contributed by atoms with E-state index in [2.05, 4.69) is 10.3 Å². The van der Waals surface area contributed by atoms with Gasteiger partial charge in [0.05, 0.1) is 18.3 Å². The number of hydrogen-bond acceptors (Lipinski definition) is 3. The van der Waals surface area contributed by atoms with Crippen LogP contribution in [0.1, 0.15) is 12.8 Å². The molecular formula is C12H11F3N2O. The Labute approximate surface area is 102 Å². The zero-order chi connectivity index (χ0) is 13.1. The van der Waals surface area contributed by atoms with Gasteiger partial charge in [-0.25, -0.2) is 18.2 Å². The smallest absolute Gasteiger partial charge is 0.208 e. The van der Waals surface area contributed by atoms with Crippen molar-refractivity contribution < 1.29 is 17.6 Å². The van der Waals surface area contributed by atoms with Gasteiger partial charge >= 0.3 is 0 Å². The summed E-state index contributed by atoms with van der Waals surface area (Å²) in [6.07, 6.45) is 1.21. The van der Waals surface area contributed by atoms with Gasteiger partial charge < -0.3 is 9.73 Å². The van der Waals surface area contributed by atoms with Crippen LogP contribution in [0.5, 0.6) is 0 Å². The first-order valence-corrected chi connectivity index (χ1v) is 5.42. The Morgan fingerprint density at radius 3 is 2.50 bits per heavy atom. The number of halogens is 3. The summed E-state index contributed by atoms with van der Waals surface area (Å²) in [5.74, 6) is -2.74. The Kier molecular flexibility index (Phi) is 3.66. The highest BCUT2D eigenvalue weighted by molar-refractivity contribution is 5.58. The third kappa shape index (κ3) is 2.53. The molecule has 1 aromatic heterocycles. The number of hydrogen-bond donors (Lipinski definition) is 1. The van der Waals surface area contributed by atoms with Crippen LogP contribution in [0.15, 0.2) is 22.7 Å². The molecule has 2 aromatic rings. The molecule has 1 aromatic carbocycles. The monoisotopic (exact) mass is 256 g/mol. The quantitative estimate of drug-likeness (QED) is 0.914. The van der Waals surface area contributed by atoms with E-state index in [1.165, 1.54) is 6.20 Å². The van der Waals surface area contributed by atoms with Crippen molar-refractivity contribution in [2.24, 2.45) is 0 Å². The molecule has 3 nitrogen and oxygen atoms in total. The lowest BCUT2D eigenvalue weighted by Gasteiger charge is -2.01. The van der Waals surface area contributed by atoms with Gasteiger partial charge in [-0.1, -0.05) is 6.92 Å². The molecule has 0 radical (unpaired) electrons. The summed E-state index contributed by atoms with van der Waals surface area (Å²) in [5.41, 5.74) is -0.411. The molecule has 0 saturated carbocycles. The summed E-state index contributed by atoms with van der Waals surface area (Å²) in [6, 6.07) is 1.20. The zero-order valence-electron chi connectivity index (χ0n) is 9.64. The van der Waals surface area contributed by atoms with Crippen LogP contribution < -0.4 is 5.32 Å². The standard InChI is InChI=1S/C12H11F3N2O/c1-2-16-6-11-17-5-10(18-11)12-8(14)3-7(13)4-9(12)15/h3-5,16H,2,6H2,1H3. The van der Waals surface area contributed by atoms with Crippen LogP contribution in [-0.2, 0) is 6.54 Å². The van der Waals surface area contributed by atoms with E-state index in [0.29, 0.717) is 24.6 Å². The minimum atomic E-state index is -1.02. The molecule has 0 bridgehead atoms. The fourth-order valence-corrected chi connectivity index (χ4v) is 1.52. The molecule has 0 aliphatic heterocycles. The van der Waals surface area contributed by atoms with E-state index in [-0.39, 0.29) is 5.76 Å². The van der Waals surface area contributed by atoms with Crippen LogP contribution >= 0.6 is 0 Å². The van der Waals surface area contributed by atoms with E-state index in [0.717, 1.165) is 6.54 Å². The Bertz CT molecular complexity index is 531. The molecule has 0 saturated heterocycles. The lowest BCUT2D eigenvalue weighted by atomic mass is 10.1. The minimum absolute atomic E-state index is 0.0575. The fraction of sp³-hybridized carbons (Fsp3) is 0.250. The third-order valence-corrected chi connectivity index (χ3v) is 2.33. The SMILES string of the molecule is CCNCc1ncc(-c2c(F)cc(F)cc2F)o1. The first-order valence-electron chi connectivity index (χ1n) is 5.42. The number of oxazole rings is 1. The van der Waals surface area contributed by atoms with Gasteiger partial charge in [0.1, 0.15) is 17.5 Å². The second kappa shape index (κ2) is 5.22. The lowest BCUT2D eigenvalue weighted by Crippen LogP contribution is -2.11. The van der Waals surface area contributed by atoms with E-state index in [1.807, 2.05) is 6.92 Å². The summed E-state index contributed by atoms with van der Waals surface area (Å²) in [7, 11) is 0. The molecule has 18 heavy (non-hydrogen) atoms. The number of nitrogens with one attached hydrogen (secondary N) is 1.